The highest BCUT2D eigenvalue weighted by atomic mass is 35.5. The third-order valence-corrected chi connectivity index (χ3v) is 4.06. The summed E-state index contributed by atoms with van der Waals surface area (Å²) in [5.41, 5.74) is -0.378. The molecule has 1 aromatic heterocycles. The first-order valence-electron chi connectivity index (χ1n) is 6.48. The molecule has 3 rings (SSSR count). The Morgan fingerprint density at radius 3 is 2.65 bits per heavy atom. The zero-order valence-corrected chi connectivity index (χ0v) is 11.7. The van der Waals surface area contributed by atoms with Crippen LogP contribution in [0.5, 0.6) is 0 Å². The van der Waals surface area contributed by atoms with Crippen molar-refractivity contribution in [1.29, 1.82) is 0 Å². The summed E-state index contributed by atoms with van der Waals surface area (Å²) in [6, 6.07) is 3.10. The quantitative estimate of drug-likeness (QED) is 0.864. The molecule has 0 atom stereocenters. The van der Waals surface area contributed by atoms with Crippen molar-refractivity contribution in [1.82, 2.24) is 10.3 Å². The van der Waals surface area contributed by atoms with Crippen molar-refractivity contribution in [3.8, 4) is 0 Å². The number of anilines is 1. The zero-order chi connectivity index (χ0) is 13.5. The second kappa shape index (κ2) is 5.41. The SMILES string of the molecule is Cl.FC(F)(F)c1ncccc1N1CCCC2(CNC2)C1. The largest absolute Gasteiger partial charge is 0.435 e. The van der Waals surface area contributed by atoms with E-state index in [1.54, 1.807) is 6.07 Å². The van der Waals surface area contributed by atoms with E-state index >= 15 is 0 Å². The van der Waals surface area contributed by atoms with Crippen LogP contribution in [0.1, 0.15) is 18.5 Å². The molecule has 112 valence electrons. The molecule has 2 aliphatic heterocycles. The maximum absolute atomic E-state index is 13.0. The second-order valence-electron chi connectivity index (χ2n) is 5.50. The van der Waals surface area contributed by atoms with Gasteiger partial charge in [0.15, 0.2) is 5.69 Å². The predicted octanol–water partition coefficient (Wildman–Crippen LogP) is 2.71. The molecule has 2 saturated heterocycles. The third-order valence-electron chi connectivity index (χ3n) is 4.06. The highest BCUT2D eigenvalue weighted by Crippen LogP contribution is 2.40. The Bertz CT molecular complexity index is 474. The van der Waals surface area contributed by atoms with Crippen LogP contribution in [-0.2, 0) is 6.18 Å². The van der Waals surface area contributed by atoms with E-state index in [1.807, 2.05) is 4.90 Å². The summed E-state index contributed by atoms with van der Waals surface area (Å²) in [6.45, 7) is 3.18. The first kappa shape index (κ1) is 15.4. The van der Waals surface area contributed by atoms with E-state index in [0.717, 1.165) is 25.9 Å². The number of hydrogen-bond donors (Lipinski definition) is 1. The molecular weight excluding hydrogens is 291 g/mol. The minimum Gasteiger partial charge on any atom is -0.369 e. The van der Waals surface area contributed by atoms with Crippen molar-refractivity contribution >= 4 is 18.1 Å². The molecule has 0 amide bonds. The predicted molar refractivity (Wildman–Crippen MR) is 73.2 cm³/mol. The summed E-state index contributed by atoms with van der Waals surface area (Å²) < 4.78 is 39.0. The monoisotopic (exact) mass is 307 g/mol. The average Bonchev–Trinajstić information content (AvgIpc) is 2.36. The van der Waals surface area contributed by atoms with Gasteiger partial charge in [-0.25, -0.2) is 4.98 Å². The molecule has 0 aliphatic carbocycles. The molecule has 0 radical (unpaired) electrons. The molecule has 7 heteroatoms. The molecule has 20 heavy (non-hydrogen) atoms. The molecule has 1 aromatic rings. The summed E-state index contributed by atoms with van der Waals surface area (Å²) in [4.78, 5) is 5.38. The van der Waals surface area contributed by atoms with E-state index in [9.17, 15) is 13.2 Å². The molecule has 3 heterocycles. The molecule has 1 N–H and O–H groups in total. The Balaban J connectivity index is 0.00000147. The van der Waals surface area contributed by atoms with Crippen LogP contribution in [0.25, 0.3) is 0 Å². The van der Waals surface area contributed by atoms with Gasteiger partial charge in [0.1, 0.15) is 0 Å². The lowest BCUT2D eigenvalue weighted by molar-refractivity contribution is -0.140. The first-order chi connectivity index (χ1) is 9.00. The number of nitrogens with one attached hydrogen (secondary N) is 1. The Labute approximate surface area is 122 Å². The van der Waals surface area contributed by atoms with Crippen molar-refractivity contribution < 1.29 is 13.2 Å². The van der Waals surface area contributed by atoms with Gasteiger partial charge in [0.25, 0.3) is 0 Å². The van der Waals surface area contributed by atoms with E-state index in [-0.39, 0.29) is 23.5 Å². The molecule has 3 nitrogen and oxygen atoms in total. The smallest absolute Gasteiger partial charge is 0.369 e. The normalized spacial score (nSPS) is 21.2. The fraction of sp³-hybridized carbons (Fsp3) is 0.615. The van der Waals surface area contributed by atoms with Gasteiger partial charge in [-0.1, -0.05) is 0 Å². The van der Waals surface area contributed by atoms with Crippen molar-refractivity contribution in [2.45, 2.75) is 19.0 Å². The van der Waals surface area contributed by atoms with Gasteiger partial charge < -0.3 is 10.2 Å². The van der Waals surface area contributed by atoms with Gasteiger partial charge >= 0.3 is 6.18 Å². The topological polar surface area (TPSA) is 28.2 Å². The maximum Gasteiger partial charge on any atom is 0.435 e. The second-order valence-corrected chi connectivity index (χ2v) is 5.50. The van der Waals surface area contributed by atoms with Gasteiger partial charge in [-0.15, -0.1) is 12.4 Å². The Morgan fingerprint density at radius 2 is 2.05 bits per heavy atom. The number of aromatic nitrogens is 1. The fourth-order valence-electron chi connectivity index (χ4n) is 3.05. The summed E-state index contributed by atoms with van der Waals surface area (Å²) in [5, 5.41) is 3.22. The van der Waals surface area contributed by atoms with Crippen LogP contribution in [0.4, 0.5) is 18.9 Å². The number of halogens is 4. The molecule has 2 aliphatic rings. The molecule has 0 saturated carbocycles. The van der Waals surface area contributed by atoms with Crippen LogP contribution in [0.3, 0.4) is 0 Å². The van der Waals surface area contributed by atoms with E-state index < -0.39 is 11.9 Å². The van der Waals surface area contributed by atoms with Crippen molar-refractivity contribution in [2.24, 2.45) is 5.41 Å². The van der Waals surface area contributed by atoms with Gasteiger partial charge in [-0.05, 0) is 25.0 Å². The number of piperidine rings is 1. The highest BCUT2D eigenvalue weighted by Gasteiger charge is 2.43. The first-order valence-corrected chi connectivity index (χ1v) is 6.48. The molecular formula is C13H17ClF3N3. The molecule has 1 spiro atoms. The maximum atomic E-state index is 13.0. The summed E-state index contributed by atoms with van der Waals surface area (Å²) in [5.74, 6) is 0. The van der Waals surface area contributed by atoms with E-state index in [0.29, 0.717) is 13.1 Å². The van der Waals surface area contributed by atoms with Crippen LogP contribution >= 0.6 is 12.4 Å². The number of alkyl halides is 3. The van der Waals surface area contributed by atoms with Gasteiger partial charge in [0, 0.05) is 37.8 Å². The van der Waals surface area contributed by atoms with E-state index in [2.05, 4.69) is 10.3 Å². The van der Waals surface area contributed by atoms with Crippen molar-refractivity contribution in [3.63, 3.8) is 0 Å². The number of nitrogens with zero attached hydrogens (tertiary/aromatic N) is 2. The summed E-state index contributed by atoms with van der Waals surface area (Å²) in [7, 11) is 0. The number of hydrogen-bond acceptors (Lipinski definition) is 3. The van der Waals surface area contributed by atoms with Crippen LogP contribution in [0, 0.1) is 5.41 Å². The van der Waals surface area contributed by atoms with Crippen LogP contribution in [0.2, 0.25) is 0 Å². The van der Waals surface area contributed by atoms with Crippen LogP contribution in [0.15, 0.2) is 18.3 Å². The number of pyridine rings is 1. The van der Waals surface area contributed by atoms with E-state index in [1.165, 1.54) is 12.3 Å². The Kier molecular flexibility index (Phi) is 4.16. The van der Waals surface area contributed by atoms with Gasteiger partial charge in [-0.2, -0.15) is 13.2 Å². The lowest BCUT2D eigenvalue weighted by atomic mass is 9.75. The third kappa shape index (κ3) is 2.72. The standard InChI is InChI=1S/C13H16F3N3.ClH/c14-13(15,16)11-10(3-1-5-18-11)19-6-2-4-12(9-19)7-17-8-12;/h1,3,5,17H,2,4,6-9H2;1H. The lowest BCUT2D eigenvalue weighted by Gasteiger charge is -2.50. The molecule has 0 aromatic carbocycles. The lowest BCUT2D eigenvalue weighted by Crippen LogP contribution is -2.61. The van der Waals surface area contributed by atoms with Gasteiger partial charge in [0.2, 0.25) is 0 Å². The molecule has 0 bridgehead atoms. The Morgan fingerprint density at radius 1 is 1.30 bits per heavy atom. The number of rotatable bonds is 1. The van der Waals surface area contributed by atoms with Crippen molar-refractivity contribution in [3.05, 3.63) is 24.0 Å². The van der Waals surface area contributed by atoms with E-state index in [4.69, 9.17) is 0 Å². The minimum absolute atomic E-state index is 0. The molecule has 0 unspecified atom stereocenters. The van der Waals surface area contributed by atoms with Crippen LogP contribution in [-0.4, -0.2) is 31.2 Å². The highest BCUT2D eigenvalue weighted by molar-refractivity contribution is 5.85. The summed E-state index contributed by atoms with van der Waals surface area (Å²) >= 11 is 0. The fourth-order valence-corrected chi connectivity index (χ4v) is 3.05. The van der Waals surface area contributed by atoms with Gasteiger partial charge in [0.05, 0.1) is 5.69 Å². The van der Waals surface area contributed by atoms with Crippen molar-refractivity contribution in [2.75, 3.05) is 31.1 Å². The molecule has 2 fully saturated rings. The summed E-state index contributed by atoms with van der Waals surface area (Å²) in [6.07, 6.45) is -1.15. The average molecular weight is 308 g/mol. The zero-order valence-electron chi connectivity index (χ0n) is 10.9. The van der Waals surface area contributed by atoms with Gasteiger partial charge in [-0.3, -0.25) is 0 Å². The van der Waals surface area contributed by atoms with Crippen LogP contribution < -0.4 is 10.2 Å². The minimum atomic E-state index is -4.39. The Hall–Kier alpha value is -1.01.